The Morgan fingerprint density at radius 3 is 2.50 bits per heavy atom. The molecule has 1 heterocycles. The fourth-order valence-corrected chi connectivity index (χ4v) is 1.61. The molecule has 0 atom stereocenters. The molecule has 0 aliphatic heterocycles. The summed E-state index contributed by atoms with van der Waals surface area (Å²) in [5, 5.41) is 0.916. The quantitative estimate of drug-likeness (QED) is 0.839. The molecular formula is C12H14N2O2. The van der Waals surface area contributed by atoms with Crippen molar-refractivity contribution in [3.8, 4) is 11.5 Å². The number of nitrogens with two attached hydrogens (primary N) is 1. The number of anilines is 1. The van der Waals surface area contributed by atoms with Crippen LogP contribution in [0.3, 0.4) is 0 Å². The highest BCUT2D eigenvalue weighted by atomic mass is 16.5. The lowest BCUT2D eigenvalue weighted by Gasteiger charge is -2.09. The molecule has 0 radical (unpaired) electrons. The van der Waals surface area contributed by atoms with Crippen LogP contribution in [0.2, 0.25) is 0 Å². The molecule has 0 aliphatic carbocycles. The van der Waals surface area contributed by atoms with Crippen molar-refractivity contribution in [3.05, 3.63) is 23.9 Å². The summed E-state index contributed by atoms with van der Waals surface area (Å²) in [5.74, 6) is 1.42. The predicted octanol–water partition coefficient (Wildman–Crippen LogP) is 2.14. The first kappa shape index (κ1) is 10.5. The van der Waals surface area contributed by atoms with Gasteiger partial charge in [0.2, 0.25) is 0 Å². The lowest BCUT2D eigenvalue weighted by Crippen LogP contribution is -1.96. The van der Waals surface area contributed by atoms with Gasteiger partial charge in [-0.1, -0.05) is 0 Å². The molecule has 1 aromatic heterocycles. The molecule has 0 amide bonds. The Hall–Kier alpha value is -1.97. The number of rotatable bonds is 2. The standard InChI is InChI=1S/C12H14N2O2/c1-7-10(13)5-8-4-9(15-2)6-11(16-3)12(8)14-7/h4-6H,13H2,1-3H3. The molecule has 16 heavy (non-hydrogen) atoms. The number of ether oxygens (including phenoxy) is 2. The van der Waals surface area contributed by atoms with Crippen molar-refractivity contribution in [2.75, 3.05) is 20.0 Å². The average molecular weight is 218 g/mol. The van der Waals surface area contributed by atoms with Crippen LogP contribution in [0.15, 0.2) is 18.2 Å². The molecule has 2 aromatic rings. The van der Waals surface area contributed by atoms with Gasteiger partial charge in [0.15, 0.2) is 0 Å². The maximum Gasteiger partial charge on any atom is 0.148 e. The van der Waals surface area contributed by atoms with Gasteiger partial charge < -0.3 is 15.2 Å². The van der Waals surface area contributed by atoms with Crippen LogP contribution in [0, 0.1) is 6.92 Å². The summed E-state index contributed by atoms with van der Waals surface area (Å²) >= 11 is 0. The summed E-state index contributed by atoms with van der Waals surface area (Å²) in [6.45, 7) is 1.87. The van der Waals surface area contributed by atoms with Crippen molar-refractivity contribution < 1.29 is 9.47 Å². The maximum absolute atomic E-state index is 5.82. The van der Waals surface area contributed by atoms with E-state index in [4.69, 9.17) is 15.2 Å². The lowest BCUT2D eigenvalue weighted by molar-refractivity contribution is 0.397. The van der Waals surface area contributed by atoms with Crippen LogP contribution in [-0.4, -0.2) is 19.2 Å². The molecule has 0 saturated heterocycles. The van der Waals surface area contributed by atoms with E-state index < -0.39 is 0 Å². The number of methoxy groups -OCH3 is 2. The van der Waals surface area contributed by atoms with Crippen LogP contribution in [0.5, 0.6) is 11.5 Å². The van der Waals surface area contributed by atoms with Crippen molar-refractivity contribution in [2.24, 2.45) is 0 Å². The van der Waals surface area contributed by atoms with E-state index in [0.29, 0.717) is 11.4 Å². The summed E-state index contributed by atoms with van der Waals surface area (Å²) < 4.78 is 10.5. The van der Waals surface area contributed by atoms with E-state index in [2.05, 4.69) is 4.98 Å². The minimum absolute atomic E-state index is 0.669. The lowest BCUT2D eigenvalue weighted by atomic mass is 10.1. The smallest absolute Gasteiger partial charge is 0.148 e. The van der Waals surface area contributed by atoms with Gasteiger partial charge in [0.05, 0.1) is 25.6 Å². The Kier molecular flexibility index (Phi) is 2.56. The van der Waals surface area contributed by atoms with E-state index in [-0.39, 0.29) is 0 Å². The number of fused-ring (bicyclic) bond motifs is 1. The largest absolute Gasteiger partial charge is 0.497 e. The second-order valence-corrected chi connectivity index (χ2v) is 3.56. The number of pyridine rings is 1. The van der Waals surface area contributed by atoms with Crippen molar-refractivity contribution in [3.63, 3.8) is 0 Å². The first-order chi connectivity index (χ1) is 7.65. The van der Waals surface area contributed by atoms with E-state index in [0.717, 1.165) is 22.3 Å². The fourth-order valence-electron chi connectivity index (χ4n) is 1.61. The second-order valence-electron chi connectivity index (χ2n) is 3.56. The van der Waals surface area contributed by atoms with Crippen LogP contribution in [0.25, 0.3) is 10.9 Å². The van der Waals surface area contributed by atoms with Gasteiger partial charge in [-0.3, -0.25) is 0 Å². The highest BCUT2D eigenvalue weighted by molar-refractivity contribution is 5.88. The molecule has 0 fully saturated rings. The molecule has 0 spiro atoms. The number of nitrogens with zero attached hydrogens (tertiary/aromatic N) is 1. The third kappa shape index (κ3) is 1.62. The van der Waals surface area contributed by atoms with Crippen LogP contribution in [-0.2, 0) is 0 Å². The first-order valence-corrected chi connectivity index (χ1v) is 4.94. The molecule has 0 unspecified atom stereocenters. The van der Waals surface area contributed by atoms with Crippen LogP contribution < -0.4 is 15.2 Å². The van der Waals surface area contributed by atoms with Gasteiger partial charge in [0, 0.05) is 11.5 Å². The normalized spacial score (nSPS) is 10.4. The third-order valence-corrected chi connectivity index (χ3v) is 2.54. The molecule has 1 aromatic carbocycles. The van der Waals surface area contributed by atoms with Gasteiger partial charge in [-0.15, -0.1) is 0 Å². The monoisotopic (exact) mass is 218 g/mol. The number of hydrogen-bond donors (Lipinski definition) is 1. The van der Waals surface area contributed by atoms with E-state index in [1.54, 1.807) is 14.2 Å². The summed E-state index contributed by atoms with van der Waals surface area (Å²) in [5.41, 5.74) is 8.10. The molecule has 0 saturated carbocycles. The fraction of sp³-hybridized carbons (Fsp3) is 0.250. The van der Waals surface area contributed by atoms with E-state index in [9.17, 15) is 0 Å². The van der Waals surface area contributed by atoms with Gasteiger partial charge in [-0.2, -0.15) is 0 Å². The highest BCUT2D eigenvalue weighted by Gasteiger charge is 2.08. The molecule has 2 rings (SSSR count). The summed E-state index contributed by atoms with van der Waals surface area (Å²) in [6, 6.07) is 5.58. The molecule has 84 valence electrons. The van der Waals surface area contributed by atoms with E-state index in [1.165, 1.54) is 0 Å². The topological polar surface area (TPSA) is 57.4 Å². The highest BCUT2D eigenvalue weighted by Crippen LogP contribution is 2.31. The van der Waals surface area contributed by atoms with Crippen molar-refractivity contribution in [1.82, 2.24) is 4.98 Å². The summed E-state index contributed by atoms with van der Waals surface area (Å²) in [6.07, 6.45) is 0. The second kappa shape index (κ2) is 3.89. The molecular weight excluding hydrogens is 204 g/mol. The number of aromatic nitrogens is 1. The zero-order valence-electron chi connectivity index (χ0n) is 9.57. The molecule has 2 N–H and O–H groups in total. The zero-order chi connectivity index (χ0) is 11.7. The third-order valence-electron chi connectivity index (χ3n) is 2.54. The van der Waals surface area contributed by atoms with Gasteiger partial charge in [0.1, 0.15) is 17.0 Å². The molecule has 4 nitrogen and oxygen atoms in total. The SMILES string of the molecule is COc1cc(OC)c2nc(C)c(N)cc2c1. The van der Waals surface area contributed by atoms with E-state index >= 15 is 0 Å². The number of nitrogen functional groups attached to an aromatic ring is 1. The first-order valence-electron chi connectivity index (χ1n) is 4.94. The Labute approximate surface area is 94.0 Å². The Morgan fingerprint density at radius 2 is 1.88 bits per heavy atom. The summed E-state index contributed by atoms with van der Waals surface area (Å²) in [7, 11) is 3.23. The van der Waals surface area contributed by atoms with Crippen molar-refractivity contribution >= 4 is 16.6 Å². The Morgan fingerprint density at radius 1 is 1.12 bits per heavy atom. The Bertz CT molecular complexity index is 538. The average Bonchev–Trinajstić information content (AvgIpc) is 2.29. The van der Waals surface area contributed by atoms with Crippen LogP contribution >= 0.6 is 0 Å². The van der Waals surface area contributed by atoms with Crippen molar-refractivity contribution in [1.29, 1.82) is 0 Å². The number of benzene rings is 1. The van der Waals surface area contributed by atoms with E-state index in [1.807, 2.05) is 25.1 Å². The van der Waals surface area contributed by atoms with Gasteiger partial charge in [-0.05, 0) is 19.1 Å². The van der Waals surface area contributed by atoms with Crippen molar-refractivity contribution in [2.45, 2.75) is 6.92 Å². The van der Waals surface area contributed by atoms with Gasteiger partial charge in [-0.25, -0.2) is 4.98 Å². The number of hydrogen-bond acceptors (Lipinski definition) is 4. The minimum Gasteiger partial charge on any atom is -0.497 e. The number of aryl methyl sites for hydroxylation is 1. The molecule has 4 heteroatoms. The molecule has 0 aliphatic rings. The van der Waals surface area contributed by atoms with Gasteiger partial charge >= 0.3 is 0 Å². The van der Waals surface area contributed by atoms with Gasteiger partial charge in [0.25, 0.3) is 0 Å². The minimum atomic E-state index is 0.669. The predicted molar refractivity (Wildman–Crippen MR) is 64.0 cm³/mol. The maximum atomic E-state index is 5.82. The summed E-state index contributed by atoms with van der Waals surface area (Å²) in [4.78, 5) is 4.42. The molecule has 0 bridgehead atoms. The zero-order valence-corrected chi connectivity index (χ0v) is 9.57. The van der Waals surface area contributed by atoms with Crippen LogP contribution in [0.1, 0.15) is 5.69 Å². The van der Waals surface area contributed by atoms with Crippen LogP contribution in [0.4, 0.5) is 5.69 Å². The Balaban J connectivity index is 2.79.